The third kappa shape index (κ3) is 5.64. The first-order valence-corrected chi connectivity index (χ1v) is 10.3. The van der Waals surface area contributed by atoms with Crippen LogP contribution in [-0.2, 0) is 17.9 Å². The lowest BCUT2D eigenvalue weighted by atomic mass is 10.2. The van der Waals surface area contributed by atoms with Gasteiger partial charge in [-0.2, -0.15) is 5.10 Å². The predicted octanol–water partition coefficient (Wildman–Crippen LogP) is 3.73. The third-order valence-corrected chi connectivity index (χ3v) is 5.02. The number of hydrogen-bond donors (Lipinski definition) is 2. The lowest BCUT2D eigenvalue weighted by Gasteiger charge is -2.12. The molecule has 9 heteroatoms. The molecule has 8 nitrogen and oxygen atoms in total. The lowest BCUT2D eigenvalue weighted by molar-refractivity contribution is -0.121. The standard InChI is InChI=1S/C22H26N4O4S/c1-4-30-17-7-5-15(6-8-17)21-24-25-22(31)26(21)12-11-20(27)23-14-16-13-18(28-2)9-10-19(16)29-3/h5-10,13H,4,11-12,14H2,1-3H3,(H,23,27)(H,25,31). The molecule has 164 valence electrons. The molecule has 0 spiro atoms. The van der Waals surface area contributed by atoms with Gasteiger partial charge in [-0.15, -0.1) is 0 Å². The van der Waals surface area contributed by atoms with E-state index in [1.807, 2.05) is 54.0 Å². The lowest BCUT2D eigenvalue weighted by Crippen LogP contribution is -2.24. The van der Waals surface area contributed by atoms with Crippen molar-refractivity contribution < 1.29 is 19.0 Å². The number of hydrogen-bond acceptors (Lipinski definition) is 6. The van der Waals surface area contributed by atoms with Crippen LogP contribution in [-0.4, -0.2) is 41.5 Å². The minimum atomic E-state index is -0.106. The van der Waals surface area contributed by atoms with E-state index in [-0.39, 0.29) is 12.3 Å². The first kappa shape index (κ1) is 22.4. The molecule has 3 rings (SSSR count). The summed E-state index contributed by atoms with van der Waals surface area (Å²) in [4.78, 5) is 12.5. The summed E-state index contributed by atoms with van der Waals surface area (Å²) in [5.41, 5.74) is 1.72. The number of nitrogens with zero attached hydrogens (tertiary/aromatic N) is 2. The summed E-state index contributed by atoms with van der Waals surface area (Å²) in [6.45, 7) is 3.28. The van der Waals surface area contributed by atoms with Gasteiger partial charge in [0.1, 0.15) is 17.2 Å². The fourth-order valence-corrected chi connectivity index (χ4v) is 3.35. The predicted molar refractivity (Wildman–Crippen MR) is 120 cm³/mol. The molecule has 0 aliphatic heterocycles. The van der Waals surface area contributed by atoms with Gasteiger partial charge in [0.15, 0.2) is 10.6 Å². The van der Waals surface area contributed by atoms with Crippen LogP contribution in [0.15, 0.2) is 42.5 Å². The molecule has 1 heterocycles. The van der Waals surface area contributed by atoms with Gasteiger partial charge in [0.2, 0.25) is 5.91 Å². The maximum Gasteiger partial charge on any atom is 0.222 e. The summed E-state index contributed by atoms with van der Waals surface area (Å²) in [6.07, 6.45) is 0.254. The fraction of sp³-hybridized carbons (Fsp3) is 0.318. The zero-order chi connectivity index (χ0) is 22.2. The largest absolute Gasteiger partial charge is 0.497 e. The number of ether oxygens (including phenoxy) is 3. The van der Waals surface area contributed by atoms with Crippen molar-refractivity contribution in [3.63, 3.8) is 0 Å². The SMILES string of the molecule is CCOc1ccc(-c2n[nH]c(=S)n2CCC(=O)NCc2cc(OC)ccc2OC)cc1. The summed E-state index contributed by atoms with van der Waals surface area (Å²) in [5, 5.41) is 10.0. The quantitative estimate of drug-likeness (QED) is 0.465. The zero-order valence-electron chi connectivity index (χ0n) is 17.8. The third-order valence-electron chi connectivity index (χ3n) is 4.71. The maximum atomic E-state index is 12.5. The Labute approximate surface area is 186 Å². The Morgan fingerprint density at radius 2 is 1.87 bits per heavy atom. The number of aromatic nitrogens is 3. The molecule has 0 saturated carbocycles. The number of benzene rings is 2. The molecule has 0 radical (unpaired) electrons. The van der Waals surface area contributed by atoms with E-state index in [1.165, 1.54) is 0 Å². The molecule has 0 unspecified atom stereocenters. The van der Waals surface area contributed by atoms with Crippen molar-refractivity contribution in [1.29, 1.82) is 0 Å². The van der Waals surface area contributed by atoms with Crippen LogP contribution >= 0.6 is 12.2 Å². The second kappa shape index (κ2) is 10.6. The van der Waals surface area contributed by atoms with Crippen molar-refractivity contribution in [2.24, 2.45) is 0 Å². The Kier molecular flexibility index (Phi) is 7.66. The highest BCUT2D eigenvalue weighted by Crippen LogP contribution is 2.24. The number of aromatic amines is 1. The van der Waals surface area contributed by atoms with E-state index in [4.69, 9.17) is 26.4 Å². The van der Waals surface area contributed by atoms with Crippen molar-refractivity contribution >= 4 is 18.1 Å². The van der Waals surface area contributed by atoms with Crippen LogP contribution in [0.1, 0.15) is 18.9 Å². The van der Waals surface area contributed by atoms with Crippen LogP contribution in [0.5, 0.6) is 17.2 Å². The van der Waals surface area contributed by atoms with E-state index in [1.54, 1.807) is 14.2 Å². The van der Waals surface area contributed by atoms with E-state index in [0.29, 0.717) is 41.8 Å². The van der Waals surface area contributed by atoms with Crippen molar-refractivity contribution in [2.45, 2.75) is 26.4 Å². The maximum absolute atomic E-state index is 12.5. The summed E-state index contributed by atoms with van der Waals surface area (Å²) in [5.74, 6) is 2.76. The Bertz CT molecular complexity index is 1080. The minimum Gasteiger partial charge on any atom is -0.497 e. The van der Waals surface area contributed by atoms with Crippen LogP contribution in [0, 0.1) is 4.77 Å². The number of H-pyrrole nitrogens is 1. The summed E-state index contributed by atoms with van der Waals surface area (Å²) in [7, 11) is 3.19. The average Bonchev–Trinajstić information content (AvgIpc) is 3.17. The molecule has 31 heavy (non-hydrogen) atoms. The summed E-state index contributed by atoms with van der Waals surface area (Å²) in [6, 6.07) is 13.1. The first-order chi connectivity index (χ1) is 15.0. The minimum absolute atomic E-state index is 0.106. The summed E-state index contributed by atoms with van der Waals surface area (Å²) < 4.78 is 18.4. The number of carbonyl (C=O) groups excluding carboxylic acids is 1. The second-order valence-corrected chi connectivity index (χ2v) is 7.05. The van der Waals surface area contributed by atoms with E-state index < -0.39 is 0 Å². The molecule has 1 amide bonds. The monoisotopic (exact) mass is 442 g/mol. The van der Waals surface area contributed by atoms with Crippen LogP contribution in [0.3, 0.4) is 0 Å². The van der Waals surface area contributed by atoms with Crippen molar-refractivity contribution in [3.8, 4) is 28.6 Å². The van der Waals surface area contributed by atoms with E-state index in [2.05, 4.69) is 15.5 Å². The van der Waals surface area contributed by atoms with Gasteiger partial charge < -0.3 is 19.5 Å². The molecular formula is C22H26N4O4S. The average molecular weight is 443 g/mol. The van der Waals surface area contributed by atoms with Gasteiger partial charge in [0, 0.05) is 30.6 Å². The fourth-order valence-electron chi connectivity index (χ4n) is 3.13. The Balaban J connectivity index is 1.63. The molecule has 2 N–H and O–H groups in total. The molecule has 0 saturated heterocycles. The Hall–Kier alpha value is -3.33. The van der Waals surface area contributed by atoms with Gasteiger partial charge in [-0.05, 0) is 61.6 Å². The van der Waals surface area contributed by atoms with E-state index in [9.17, 15) is 4.79 Å². The normalized spacial score (nSPS) is 10.5. The molecule has 1 aromatic heterocycles. The van der Waals surface area contributed by atoms with Gasteiger partial charge >= 0.3 is 0 Å². The number of carbonyl (C=O) groups is 1. The zero-order valence-corrected chi connectivity index (χ0v) is 18.6. The van der Waals surface area contributed by atoms with Gasteiger partial charge in [-0.25, -0.2) is 0 Å². The molecule has 0 aliphatic rings. The van der Waals surface area contributed by atoms with Crippen molar-refractivity contribution in [2.75, 3.05) is 20.8 Å². The van der Waals surface area contributed by atoms with Crippen LogP contribution in [0.25, 0.3) is 11.4 Å². The van der Waals surface area contributed by atoms with Crippen molar-refractivity contribution in [1.82, 2.24) is 20.1 Å². The van der Waals surface area contributed by atoms with Gasteiger partial charge in [-0.3, -0.25) is 14.5 Å². The van der Waals surface area contributed by atoms with Crippen molar-refractivity contribution in [3.05, 3.63) is 52.8 Å². The van der Waals surface area contributed by atoms with Crippen LogP contribution in [0.2, 0.25) is 0 Å². The first-order valence-electron chi connectivity index (χ1n) is 9.91. The highest BCUT2D eigenvalue weighted by atomic mass is 32.1. The number of amides is 1. The molecule has 3 aromatic rings. The number of rotatable bonds is 10. The Morgan fingerprint density at radius 1 is 1.13 bits per heavy atom. The van der Waals surface area contributed by atoms with Gasteiger partial charge in [0.05, 0.1) is 20.8 Å². The number of methoxy groups -OCH3 is 2. The van der Waals surface area contributed by atoms with Gasteiger partial charge in [-0.1, -0.05) is 0 Å². The molecule has 2 aromatic carbocycles. The highest BCUT2D eigenvalue weighted by Gasteiger charge is 2.12. The topological polar surface area (TPSA) is 90.4 Å². The molecule has 0 bridgehead atoms. The van der Waals surface area contributed by atoms with Crippen LogP contribution < -0.4 is 19.5 Å². The second-order valence-electron chi connectivity index (χ2n) is 6.67. The smallest absolute Gasteiger partial charge is 0.222 e. The molecule has 0 atom stereocenters. The van der Waals surface area contributed by atoms with Gasteiger partial charge in [0.25, 0.3) is 0 Å². The van der Waals surface area contributed by atoms with E-state index >= 15 is 0 Å². The summed E-state index contributed by atoms with van der Waals surface area (Å²) >= 11 is 5.35. The van der Waals surface area contributed by atoms with Crippen LogP contribution in [0.4, 0.5) is 0 Å². The van der Waals surface area contributed by atoms with E-state index in [0.717, 1.165) is 16.9 Å². The number of nitrogens with one attached hydrogen (secondary N) is 2. The Morgan fingerprint density at radius 3 is 2.55 bits per heavy atom. The molecular weight excluding hydrogens is 416 g/mol. The molecule has 0 aliphatic carbocycles. The molecule has 0 fully saturated rings. The highest BCUT2D eigenvalue weighted by molar-refractivity contribution is 7.71.